The van der Waals surface area contributed by atoms with E-state index in [9.17, 15) is 10.1 Å². The van der Waals surface area contributed by atoms with Gasteiger partial charge in [-0.05, 0) is 30.3 Å². The summed E-state index contributed by atoms with van der Waals surface area (Å²) < 4.78 is 0. The van der Waals surface area contributed by atoms with Gasteiger partial charge in [0.15, 0.2) is 5.16 Å². The molecule has 1 aromatic heterocycles. The van der Waals surface area contributed by atoms with Crippen LogP contribution in [0.4, 0.5) is 11.4 Å². The largest absolute Gasteiger partial charge is 0.388 e. The Morgan fingerprint density at radius 1 is 1.26 bits per heavy atom. The van der Waals surface area contributed by atoms with Crippen molar-refractivity contribution in [1.82, 2.24) is 9.97 Å². The number of hydrogen-bond acceptors (Lipinski definition) is 6. The van der Waals surface area contributed by atoms with Gasteiger partial charge in [0.1, 0.15) is 0 Å². The number of nitro groups is 1. The molecule has 2 rings (SSSR count). The minimum absolute atomic E-state index is 0.0430. The van der Waals surface area contributed by atoms with E-state index in [-0.39, 0.29) is 5.69 Å². The molecular weight excluding hydrogens is 264 g/mol. The number of nitrogens with zero attached hydrogens (tertiary/aromatic N) is 3. The molecule has 7 heteroatoms. The molecule has 1 aromatic carbocycles. The molecule has 0 radical (unpaired) electrons. The maximum atomic E-state index is 10.9. The summed E-state index contributed by atoms with van der Waals surface area (Å²) >= 11 is 1.29. The summed E-state index contributed by atoms with van der Waals surface area (Å²) in [5, 5.41) is 14.3. The Morgan fingerprint density at radius 3 is 2.53 bits per heavy atom. The predicted octanol–water partition coefficient (Wildman–Crippen LogP) is 2.89. The van der Waals surface area contributed by atoms with Crippen molar-refractivity contribution in [2.45, 2.75) is 17.0 Å². The zero-order valence-electron chi connectivity index (χ0n) is 10.5. The van der Waals surface area contributed by atoms with E-state index in [4.69, 9.17) is 0 Å². The fraction of sp³-hybridized carbons (Fsp3) is 0.167. The summed E-state index contributed by atoms with van der Waals surface area (Å²) in [6, 6.07) is 4.82. The minimum Gasteiger partial charge on any atom is -0.388 e. The van der Waals surface area contributed by atoms with Crippen molar-refractivity contribution in [2.24, 2.45) is 0 Å². The third kappa shape index (κ3) is 3.41. The summed E-state index contributed by atoms with van der Waals surface area (Å²) in [4.78, 5) is 19.5. The number of nitrogens with one attached hydrogen (secondary N) is 1. The molecule has 0 aliphatic rings. The number of aryl methyl sites for hydroxylation is 1. The standard InChI is InChI=1S/C12H12N4O2S/c1-8-6-14-12(15-7-8)19-11-4-9(13-2)3-10(5-11)16(17)18/h3-7,13H,1-2H3. The van der Waals surface area contributed by atoms with Gasteiger partial charge < -0.3 is 5.32 Å². The van der Waals surface area contributed by atoms with Gasteiger partial charge in [0.25, 0.3) is 5.69 Å². The molecular formula is C12H12N4O2S. The van der Waals surface area contributed by atoms with Crippen LogP contribution in [0, 0.1) is 17.0 Å². The molecule has 6 nitrogen and oxygen atoms in total. The lowest BCUT2D eigenvalue weighted by molar-refractivity contribution is -0.385. The second-order valence-corrected chi connectivity index (χ2v) is 4.91. The maximum Gasteiger partial charge on any atom is 0.272 e. The Kier molecular flexibility index (Phi) is 3.96. The van der Waals surface area contributed by atoms with Gasteiger partial charge in [-0.1, -0.05) is 0 Å². The van der Waals surface area contributed by atoms with Crippen LogP contribution in [0.3, 0.4) is 0 Å². The Balaban J connectivity index is 2.31. The zero-order chi connectivity index (χ0) is 13.8. The molecule has 0 saturated carbocycles. The summed E-state index contributed by atoms with van der Waals surface area (Å²) in [6.07, 6.45) is 3.43. The van der Waals surface area contributed by atoms with Gasteiger partial charge in [-0.3, -0.25) is 10.1 Å². The molecule has 0 unspecified atom stereocenters. The third-order valence-corrected chi connectivity index (χ3v) is 3.22. The van der Waals surface area contributed by atoms with Crippen LogP contribution in [0.15, 0.2) is 40.6 Å². The van der Waals surface area contributed by atoms with E-state index in [2.05, 4.69) is 15.3 Å². The number of rotatable bonds is 4. The Labute approximate surface area is 114 Å². The SMILES string of the molecule is CNc1cc(Sc2ncc(C)cn2)cc([N+](=O)[O-])c1. The predicted molar refractivity (Wildman–Crippen MR) is 73.5 cm³/mol. The average Bonchev–Trinajstić information content (AvgIpc) is 2.41. The zero-order valence-corrected chi connectivity index (χ0v) is 11.3. The molecule has 0 spiro atoms. The van der Waals surface area contributed by atoms with E-state index in [0.717, 1.165) is 10.5 Å². The van der Waals surface area contributed by atoms with Crippen molar-refractivity contribution in [2.75, 3.05) is 12.4 Å². The molecule has 0 atom stereocenters. The van der Waals surface area contributed by atoms with E-state index < -0.39 is 4.92 Å². The van der Waals surface area contributed by atoms with Gasteiger partial charge in [0, 0.05) is 42.2 Å². The van der Waals surface area contributed by atoms with Crippen molar-refractivity contribution in [3.8, 4) is 0 Å². The smallest absolute Gasteiger partial charge is 0.272 e. The number of benzene rings is 1. The number of anilines is 1. The lowest BCUT2D eigenvalue weighted by atomic mass is 10.3. The highest BCUT2D eigenvalue weighted by atomic mass is 32.2. The van der Waals surface area contributed by atoms with Gasteiger partial charge >= 0.3 is 0 Å². The van der Waals surface area contributed by atoms with Crippen LogP contribution in [-0.2, 0) is 0 Å². The normalized spacial score (nSPS) is 10.2. The van der Waals surface area contributed by atoms with Gasteiger partial charge in [-0.2, -0.15) is 0 Å². The summed E-state index contributed by atoms with van der Waals surface area (Å²) in [7, 11) is 1.72. The van der Waals surface area contributed by atoms with E-state index in [0.29, 0.717) is 10.8 Å². The first kappa shape index (κ1) is 13.3. The number of hydrogen-bond donors (Lipinski definition) is 1. The molecule has 0 bridgehead atoms. The monoisotopic (exact) mass is 276 g/mol. The van der Waals surface area contributed by atoms with E-state index in [1.807, 2.05) is 13.0 Å². The van der Waals surface area contributed by atoms with Crippen molar-refractivity contribution in [1.29, 1.82) is 0 Å². The fourth-order valence-electron chi connectivity index (χ4n) is 1.43. The minimum atomic E-state index is -0.416. The molecule has 2 aromatic rings. The lowest BCUT2D eigenvalue weighted by Gasteiger charge is -2.04. The number of nitro benzene ring substituents is 1. The molecule has 0 aliphatic heterocycles. The maximum absolute atomic E-state index is 10.9. The summed E-state index contributed by atoms with van der Waals surface area (Å²) in [5.74, 6) is 0. The Hall–Kier alpha value is -2.15. The van der Waals surface area contributed by atoms with Crippen LogP contribution in [0.25, 0.3) is 0 Å². The highest BCUT2D eigenvalue weighted by Crippen LogP contribution is 2.30. The second-order valence-electron chi connectivity index (χ2n) is 3.87. The summed E-state index contributed by atoms with van der Waals surface area (Å²) in [5.41, 5.74) is 1.70. The fourth-order valence-corrected chi connectivity index (χ4v) is 2.22. The van der Waals surface area contributed by atoms with Gasteiger partial charge in [-0.25, -0.2) is 9.97 Å². The lowest BCUT2D eigenvalue weighted by Crippen LogP contribution is -1.94. The van der Waals surface area contributed by atoms with Gasteiger partial charge in [-0.15, -0.1) is 0 Å². The molecule has 1 N–H and O–H groups in total. The van der Waals surface area contributed by atoms with Crippen LogP contribution in [0.2, 0.25) is 0 Å². The average molecular weight is 276 g/mol. The first-order valence-corrected chi connectivity index (χ1v) is 6.34. The van der Waals surface area contributed by atoms with Crippen LogP contribution in [0.5, 0.6) is 0 Å². The Bertz CT molecular complexity index is 601. The Morgan fingerprint density at radius 2 is 1.95 bits per heavy atom. The van der Waals surface area contributed by atoms with Crippen molar-refractivity contribution < 1.29 is 4.92 Å². The van der Waals surface area contributed by atoms with Crippen molar-refractivity contribution >= 4 is 23.1 Å². The van der Waals surface area contributed by atoms with E-state index in [1.165, 1.54) is 23.9 Å². The molecule has 0 fully saturated rings. The van der Waals surface area contributed by atoms with Gasteiger partial charge in [0.2, 0.25) is 0 Å². The first-order chi connectivity index (χ1) is 9.08. The van der Waals surface area contributed by atoms with Crippen molar-refractivity contribution in [3.63, 3.8) is 0 Å². The third-order valence-electron chi connectivity index (χ3n) is 2.36. The second kappa shape index (κ2) is 5.66. The van der Waals surface area contributed by atoms with Crippen molar-refractivity contribution in [3.05, 3.63) is 46.3 Å². The highest BCUT2D eigenvalue weighted by Gasteiger charge is 2.11. The van der Waals surface area contributed by atoms with Crippen LogP contribution >= 0.6 is 11.8 Å². The highest BCUT2D eigenvalue weighted by molar-refractivity contribution is 7.99. The van der Waals surface area contributed by atoms with Crippen LogP contribution < -0.4 is 5.32 Å². The van der Waals surface area contributed by atoms with E-state index in [1.54, 1.807) is 19.4 Å². The van der Waals surface area contributed by atoms with Crippen LogP contribution in [0.1, 0.15) is 5.56 Å². The molecule has 1 heterocycles. The molecule has 98 valence electrons. The molecule has 0 amide bonds. The molecule has 19 heavy (non-hydrogen) atoms. The number of non-ortho nitro benzene ring substituents is 1. The van der Waals surface area contributed by atoms with Gasteiger partial charge in [0.05, 0.1) is 4.92 Å². The first-order valence-electron chi connectivity index (χ1n) is 5.52. The van der Waals surface area contributed by atoms with E-state index >= 15 is 0 Å². The number of aromatic nitrogens is 2. The topological polar surface area (TPSA) is 81.0 Å². The quantitative estimate of drug-likeness (QED) is 0.525. The summed E-state index contributed by atoms with van der Waals surface area (Å²) in [6.45, 7) is 1.90. The van der Waals surface area contributed by atoms with Crippen LogP contribution in [-0.4, -0.2) is 21.9 Å². The molecule has 0 saturated heterocycles. The molecule has 0 aliphatic carbocycles.